The minimum absolute atomic E-state index is 0.00961. The molecule has 3 aromatic rings. The number of sulfonamides is 1. The van der Waals surface area contributed by atoms with Crippen LogP contribution in [0.25, 0.3) is 11.3 Å². The summed E-state index contributed by atoms with van der Waals surface area (Å²) in [6, 6.07) is 8.61. The molecule has 0 fully saturated rings. The molecule has 0 aliphatic carbocycles. The van der Waals surface area contributed by atoms with Crippen LogP contribution in [0.2, 0.25) is 0 Å². The van der Waals surface area contributed by atoms with Crippen LogP contribution in [0, 0.1) is 12.8 Å². The van der Waals surface area contributed by atoms with Crippen LogP contribution in [-0.2, 0) is 14.8 Å². The Balaban J connectivity index is 2.21. The lowest BCUT2D eigenvalue weighted by molar-refractivity contribution is 0.143. The Morgan fingerprint density at radius 1 is 1.15 bits per heavy atom. The number of aromatic hydroxyl groups is 1. The highest BCUT2D eigenvalue weighted by atomic mass is 32.2. The minimum atomic E-state index is -4.58. The molecule has 10 nitrogen and oxygen atoms in total. The van der Waals surface area contributed by atoms with Crippen LogP contribution < -0.4 is 9.04 Å². The topological polar surface area (TPSA) is 132 Å². The van der Waals surface area contributed by atoms with Crippen molar-refractivity contribution < 1.29 is 27.8 Å². The van der Waals surface area contributed by atoms with Gasteiger partial charge in [-0.2, -0.15) is 0 Å². The normalized spacial score (nSPS) is 11.3. The Hall–Kier alpha value is -3.73. The SMILES string of the molecule is COc1nc(C)cnc1N(C(=O)OCC(C)C)S(=O)(=O)c1cccnc1-c1ccc(O)cc1. The number of nitrogens with zero attached hydrogens (tertiary/aromatic N) is 4. The quantitative estimate of drug-likeness (QED) is 0.548. The number of pyridine rings is 1. The number of carbonyl (C=O) groups is 1. The second-order valence-electron chi connectivity index (χ2n) is 7.48. The van der Waals surface area contributed by atoms with E-state index in [1.54, 1.807) is 6.92 Å². The summed E-state index contributed by atoms with van der Waals surface area (Å²) in [5.41, 5.74) is 0.970. The number of phenols is 1. The van der Waals surface area contributed by atoms with Gasteiger partial charge in [0.05, 0.1) is 31.3 Å². The van der Waals surface area contributed by atoms with Crippen molar-refractivity contribution in [3.05, 3.63) is 54.5 Å². The summed E-state index contributed by atoms with van der Waals surface area (Å²) in [4.78, 5) is 25.3. The first-order valence-corrected chi connectivity index (χ1v) is 11.4. The molecule has 0 atom stereocenters. The van der Waals surface area contributed by atoms with Crippen LogP contribution in [0.1, 0.15) is 19.5 Å². The summed E-state index contributed by atoms with van der Waals surface area (Å²) >= 11 is 0. The van der Waals surface area contributed by atoms with E-state index in [9.17, 15) is 18.3 Å². The van der Waals surface area contributed by atoms with Gasteiger partial charge in [0, 0.05) is 11.8 Å². The number of ether oxygens (including phenoxy) is 2. The molecule has 1 N–H and O–H groups in total. The van der Waals surface area contributed by atoms with Gasteiger partial charge in [0.15, 0.2) is 0 Å². The number of aromatic nitrogens is 3. The number of hydrogen-bond acceptors (Lipinski definition) is 9. The molecule has 0 saturated carbocycles. The van der Waals surface area contributed by atoms with Gasteiger partial charge in [-0.05, 0) is 49.2 Å². The molecule has 11 heteroatoms. The molecule has 0 spiro atoms. The molecule has 3 rings (SSSR count). The molecule has 2 heterocycles. The van der Waals surface area contributed by atoms with Crippen molar-refractivity contribution in [3.8, 4) is 22.9 Å². The third-order valence-corrected chi connectivity index (χ3v) is 6.05. The summed E-state index contributed by atoms with van der Waals surface area (Å²) in [6.45, 7) is 5.29. The van der Waals surface area contributed by atoms with Gasteiger partial charge in [0.25, 0.3) is 15.9 Å². The fourth-order valence-corrected chi connectivity index (χ4v) is 4.32. The summed E-state index contributed by atoms with van der Waals surface area (Å²) in [6.07, 6.45) is 1.59. The lowest BCUT2D eigenvalue weighted by Crippen LogP contribution is -2.39. The monoisotopic (exact) mass is 472 g/mol. The van der Waals surface area contributed by atoms with Crippen LogP contribution in [-0.4, -0.2) is 48.3 Å². The smallest absolute Gasteiger partial charge is 0.430 e. The van der Waals surface area contributed by atoms with Crippen LogP contribution in [0.4, 0.5) is 10.6 Å². The highest BCUT2D eigenvalue weighted by molar-refractivity contribution is 7.93. The van der Waals surface area contributed by atoms with Crippen molar-refractivity contribution in [3.63, 3.8) is 0 Å². The Kier molecular flexibility index (Phi) is 7.12. The van der Waals surface area contributed by atoms with Crippen molar-refractivity contribution >= 4 is 21.9 Å². The van der Waals surface area contributed by atoms with Gasteiger partial charge in [-0.1, -0.05) is 13.8 Å². The van der Waals surface area contributed by atoms with Gasteiger partial charge in [-0.25, -0.2) is 23.2 Å². The molecule has 0 unspecified atom stereocenters. The Morgan fingerprint density at radius 2 is 1.85 bits per heavy atom. The van der Waals surface area contributed by atoms with Gasteiger partial charge >= 0.3 is 6.09 Å². The largest absolute Gasteiger partial charge is 0.508 e. The zero-order valence-corrected chi connectivity index (χ0v) is 19.4. The van der Waals surface area contributed by atoms with E-state index in [1.165, 1.54) is 55.9 Å². The number of phenolic OH excluding ortho intramolecular Hbond substituents is 1. The van der Waals surface area contributed by atoms with E-state index in [-0.39, 0.29) is 40.6 Å². The Morgan fingerprint density at radius 3 is 2.48 bits per heavy atom. The molecule has 0 aliphatic heterocycles. The van der Waals surface area contributed by atoms with Crippen LogP contribution >= 0.6 is 0 Å². The summed E-state index contributed by atoms with van der Waals surface area (Å²) in [5.74, 6) is -0.513. The summed E-state index contributed by atoms with van der Waals surface area (Å²) < 4.78 is 38.6. The number of benzene rings is 1. The van der Waals surface area contributed by atoms with Crippen molar-refractivity contribution in [1.29, 1.82) is 0 Å². The molecular weight excluding hydrogens is 448 g/mol. The molecule has 0 bridgehead atoms. The number of carbonyl (C=O) groups excluding carboxylic acids is 1. The summed E-state index contributed by atoms with van der Waals surface area (Å²) in [5, 5.41) is 9.59. The number of aryl methyl sites for hydroxylation is 1. The van der Waals surface area contributed by atoms with E-state index in [2.05, 4.69) is 15.0 Å². The Bertz CT molecular complexity index is 1250. The lowest BCUT2D eigenvalue weighted by atomic mass is 10.1. The molecule has 1 aromatic carbocycles. The molecule has 33 heavy (non-hydrogen) atoms. The maximum atomic E-state index is 13.8. The highest BCUT2D eigenvalue weighted by Gasteiger charge is 2.38. The predicted octanol–water partition coefficient (Wildman–Crippen LogP) is 3.55. The van der Waals surface area contributed by atoms with Gasteiger partial charge in [-0.15, -0.1) is 4.31 Å². The first-order chi connectivity index (χ1) is 15.6. The number of anilines is 1. The second-order valence-corrected chi connectivity index (χ2v) is 9.24. The maximum absolute atomic E-state index is 13.8. The average molecular weight is 473 g/mol. The minimum Gasteiger partial charge on any atom is -0.508 e. The van der Waals surface area contributed by atoms with Crippen LogP contribution in [0.3, 0.4) is 0 Å². The van der Waals surface area contributed by atoms with Gasteiger partial charge < -0.3 is 14.6 Å². The number of methoxy groups -OCH3 is 1. The lowest BCUT2D eigenvalue weighted by Gasteiger charge is -2.23. The van der Waals surface area contributed by atoms with E-state index < -0.39 is 16.1 Å². The van der Waals surface area contributed by atoms with Crippen molar-refractivity contribution in [2.45, 2.75) is 25.7 Å². The first-order valence-electron chi connectivity index (χ1n) is 9.99. The molecule has 1 amide bonds. The van der Waals surface area contributed by atoms with E-state index in [0.29, 0.717) is 15.6 Å². The third-order valence-electron chi connectivity index (χ3n) is 4.36. The molecule has 0 radical (unpaired) electrons. The van der Waals surface area contributed by atoms with Crippen LogP contribution in [0.15, 0.2) is 53.7 Å². The average Bonchev–Trinajstić information content (AvgIpc) is 2.79. The van der Waals surface area contributed by atoms with E-state index in [0.717, 1.165) is 0 Å². The van der Waals surface area contributed by atoms with E-state index >= 15 is 0 Å². The van der Waals surface area contributed by atoms with Gasteiger partial charge in [0.1, 0.15) is 10.6 Å². The highest BCUT2D eigenvalue weighted by Crippen LogP contribution is 2.34. The Labute approximate surface area is 191 Å². The van der Waals surface area contributed by atoms with Crippen molar-refractivity contribution in [1.82, 2.24) is 15.0 Å². The second kappa shape index (κ2) is 9.82. The fourth-order valence-electron chi connectivity index (χ4n) is 2.85. The molecule has 0 saturated heterocycles. The summed E-state index contributed by atoms with van der Waals surface area (Å²) in [7, 11) is -3.29. The van der Waals surface area contributed by atoms with E-state index in [4.69, 9.17) is 9.47 Å². The van der Waals surface area contributed by atoms with Crippen LogP contribution in [0.5, 0.6) is 11.6 Å². The fraction of sp³-hybridized carbons (Fsp3) is 0.273. The molecular formula is C22H24N4O6S. The first kappa shape index (κ1) is 23.9. The molecule has 2 aromatic heterocycles. The number of rotatable bonds is 7. The molecule has 174 valence electrons. The molecule has 0 aliphatic rings. The predicted molar refractivity (Wildman–Crippen MR) is 121 cm³/mol. The van der Waals surface area contributed by atoms with Gasteiger partial charge in [-0.3, -0.25) is 4.98 Å². The number of amides is 1. The van der Waals surface area contributed by atoms with Crippen molar-refractivity contribution in [2.75, 3.05) is 18.0 Å². The van der Waals surface area contributed by atoms with Gasteiger partial charge in [0.2, 0.25) is 5.82 Å². The zero-order valence-electron chi connectivity index (χ0n) is 18.6. The number of hydrogen-bond donors (Lipinski definition) is 1. The van der Waals surface area contributed by atoms with E-state index in [1.807, 2.05) is 13.8 Å². The standard InChI is InChI=1S/C22H24N4O6S/c1-14(2)13-32-22(28)26(20-21(31-4)25-15(3)12-24-20)33(29,30)18-6-5-11-23-19(18)16-7-9-17(27)10-8-16/h5-12,14,27H,13H2,1-4H3. The van der Waals surface area contributed by atoms with Crippen molar-refractivity contribution in [2.24, 2.45) is 5.92 Å². The maximum Gasteiger partial charge on any atom is 0.430 e. The third kappa shape index (κ3) is 5.20. The zero-order chi connectivity index (χ0) is 24.2.